The highest BCUT2D eigenvalue weighted by atomic mass is 16.5. The second kappa shape index (κ2) is 8.26. The van der Waals surface area contributed by atoms with Crippen molar-refractivity contribution in [2.24, 2.45) is 0 Å². The molecular weight excluding hydrogens is 306 g/mol. The molecule has 126 valence electrons. The maximum absolute atomic E-state index is 12.4. The summed E-state index contributed by atoms with van der Waals surface area (Å²) in [5, 5.41) is 0. The van der Waals surface area contributed by atoms with Crippen molar-refractivity contribution in [2.45, 2.75) is 19.6 Å². The van der Waals surface area contributed by atoms with Crippen molar-refractivity contribution in [3.8, 4) is 0 Å². The van der Waals surface area contributed by atoms with Gasteiger partial charge in [-0.2, -0.15) is 0 Å². The number of para-hydroxylation sites is 1. The summed E-state index contributed by atoms with van der Waals surface area (Å²) in [5.41, 5.74) is 2.01. The number of carbonyl (C=O) groups excluding carboxylic acids is 2. The Labute approximate surface area is 141 Å². The fourth-order valence-corrected chi connectivity index (χ4v) is 2.29. The highest BCUT2D eigenvalue weighted by Gasteiger charge is 2.23. The van der Waals surface area contributed by atoms with Crippen LogP contribution >= 0.6 is 0 Å². The first-order valence-corrected chi connectivity index (χ1v) is 7.64. The van der Waals surface area contributed by atoms with Crippen molar-refractivity contribution < 1.29 is 19.1 Å². The molecule has 1 amide bonds. The van der Waals surface area contributed by atoms with E-state index < -0.39 is 12.1 Å². The van der Waals surface area contributed by atoms with E-state index in [1.165, 1.54) is 4.90 Å². The number of carbonyl (C=O) groups is 2. The van der Waals surface area contributed by atoms with Gasteiger partial charge in [-0.05, 0) is 36.8 Å². The topological polar surface area (TPSA) is 55.8 Å². The predicted octanol–water partition coefficient (Wildman–Crippen LogP) is 3.04. The maximum Gasteiger partial charge on any atom is 0.338 e. The number of hydrogen-bond donors (Lipinski definition) is 0. The quantitative estimate of drug-likeness (QED) is 0.765. The van der Waals surface area contributed by atoms with Crippen molar-refractivity contribution in [1.82, 2.24) is 0 Å². The van der Waals surface area contributed by atoms with E-state index in [2.05, 4.69) is 0 Å². The van der Waals surface area contributed by atoms with Crippen molar-refractivity contribution in [1.29, 1.82) is 0 Å². The summed E-state index contributed by atoms with van der Waals surface area (Å²) in [4.78, 5) is 26.1. The average Bonchev–Trinajstić information content (AvgIpc) is 2.61. The van der Waals surface area contributed by atoms with E-state index in [0.29, 0.717) is 12.2 Å². The molecule has 24 heavy (non-hydrogen) atoms. The van der Waals surface area contributed by atoms with Crippen LogP contribution in [0.5, 0.6) is 0 Å². The fourth-order valence-electron chi connectivity index (χ4n) is 2.29. The highest BCUT2D eigenvalue weighted by molar-refractivity contribution is 5.98. The molecule has 0 radical (unpaired) electrons. The SMILES string of the molecule is COCc1cccc(C(=O)OC(C)C(=O)N(C)c2ccccc2)c1. The minimum Gasteiger partial charge on any atom is -0.449 e. The van der Waals surface area contributed by atoms with Gasteiger partial charge in [-0.1, -0.05) is 30.3 Å². The van der Waals surface area contributed by atoms with Gasteiger partial charge in [0.15, 0.2) is 6.10 Å². The number of ether oxygens (including phenoxy) is 2. The van der Waals surface area contributed by atoms with Gasteiger partial charge in [-0.3, -0.25) is 4.79 Å². The molecule has 2 aromatic carbocycles. The van der Waals surface area contributed by atoms with Gasteiger partial charge in [0.2, 0.25) is 0 Å². The highest BCUT2D eigenvalue weighted by Crippen LogP contribution is 2.14. The van der Waals surface area contributed by atoms with Crippen LogP contribution in [0.2, 0.25) is 0 Å². The molecule has 0 spiro atoms. The van der Waals surface area contributed by atoms with E-state index in [9.17, 15) is 9.59 Å². The van der Waals surface area contributed by atoms with E-state index in [1.807, 2.05) is 36.4 Å². The first-order chi connectivity index (χ1) is 11.5. The van der Waals surface area contributed by atoms with Crippen LogP contribution in [0, 0.1) is 0 Å². The molecule has 5 heteroatoms. The number of methoxy groups -OCH3 is 1. The second-order valence-electron chi connectivity index (χ2n) is 5.41. The minimum atomic E-state index is -0.881. The third kappa shape index (κ3) is 4.43. The monoisotopic (exact) mass is 327 g/mol. The molecule has 5 nitrogen and oxygen atoms in total. The van der Waals surface area contributed by atoms with Gasteiger partial charge in [0.25, 0.3) is 5.91 Å². The van der Waals surface area contributed by atoms with E-state index in [0.717, 1.165) is 11.3 Å². The summed E-state index contributed by atoms with van der Waals surface area (Å²) in [7, 11) is 3.24. The zero-order valence-electron chi connectivity index (χ0n) is 14.1. The summed E-state index contributed by atoms with van der Waals surface area (Å²) in [5.74, 6) is -0.821. The van der Waals surface area contributed by atoms with Gasteiger partial charge >= 0.3 is 5.97 Å². The Morgan fingerprint density at radius 3 is 2.46 bits per heavy atom. The number of rotatable bonds is 6. The first kappa shape index (κ1) is 17.7. The molecule has 0 aliphatic rings. The van der Waals surface area contributed by atoms with Gasteiger partial charge in [-0.15, -0.1) is 0 Å². The standard InChI is InChI=1S/C19H21NO4/c1-14(18(21)20(2)17-10-5-4-6-11-17)24-19(22)16-9-7-8-15(12-16)13-23-3/h4-12,14H,13H2,1-3H3. The van der Waals surface area contributed by atoms with Crippen molar-refractivity contribution in [2.75, 3.05) is 19.1 Å². The molecule has 0 heterocycles. The summed E-state index contributed by atoms with van der Waals surface area (Å²) < 4.78 is 10.4. The van der Waals surface area contributed by atoms with Crippen LogP contribution in [0.4, 0.5) is 5.69 Å². The Hall–Kier alpha value is -2.66. The Kier molecular flexibility index (Phi) is 6.09. The molecule has 1 unspecified atom stereocenters. The average molecular weight is 327 g/mol. The summed E-state index contributed by atoms with van der Waals surface area (Å²) in [6.45, 7) is 1.98. The molecule has 0 aliphatic carbocycles. The van der Waals surface area contributed by atoms with Crippen molar-refractivity contribution in [3.63, 3.8) is 0 Å². The molecule has 0 N–H and O–H groups in total. The van der Waals surface area contributed by atoms with E-state index in [4.69, 9.17) is 9.47 Å². The lowest BCUT2D eigenvalue weighted by Crippen LogP contribution is -2.37. The van der Waals surface area contributed by atoms with Crippen LogP contribution in [-0.4, -0.2) is 32.1 Å². The van der Waals surface area contributed by atoms with E-state index in [1.54, 1.807) is 39.3 Å². The molecule has 2 rings (SSSR count). The Balaban J connectivity index is 2.03. The Morgan fingerprint density at radius 2 is 1.79 bits per heavy atom. The lowest BCUT2D eigenvalue weighted by atomic mass is 10.1. The largest absolute Gasteiger partial charge is 0.449 e. The molecule has 0 fully saturated rings. The van der Waals surface area contributed by atoms with Crippen LogP contribution < -0.4 is 4.90 Å². The number of amides is 1. The first-order valence-electron chi connectivity index (χ1n) is 7.64. The van der Waals surface area contributed by atoms with Crippen LogP contribution in [0.3, 0.4) is 0 Å². The van der Waals surface area contributed by atoms with Crippen LogP contribution in [0.1, 0.15) is 22.8 Å². The van der Waals surface area contributed by atoms with E-state index in [-0.39, 0.29) is 5.91 Å². The van der Waals surface area contributed by atoms with Gasteiger partial charge in [0, 0.05) is 19.8 Å². The summed E-state index contributed by atoms with van der Waals surface area (Å²) in [6, 6.07) is 16.2. The number of nitrogens with zero attached hydrogens (tertiary/aromatic N) is 1. The van der Waals surface area contributed by atoms with Crippen LogP contribution in [-0.2, 0) is 20.9 Å². The normalized spacial score (nSPS) is 11.6. The smallest absolute Gasteiger partial charge is 0.338 e. The number of esters is 1. The molecular formula is C19H21NO4. The minimum absolute atomic E-state index is 0.289. The van der Waals surface area contributed by atoms with Gasteiger partial charge in [0.05, 0.1) is 12.2 Å². The molecule has 0 saturated heterocycles. The second-order valence-corrected chi connectivity index (χ2v) is 5.41. The third-order valence-electron chi connectivity index (χ3n) is 3.58. The summed E-state index contributed by atoms with van der Waals surface area (Å²) in [6.07, 6.45) is -0.881. The van der Waals surface area contributed by atoms with Gasteiger partial charge < -0.3 is 14.4 Å². The van der Waals surface area contributed by atoms with E-state index >= 15 is 0 Å². The number of hydrogen-bond acceptors (Lipinski definition) is 4. The predicted molar refractivity (Wildman–Crippen MR) is 91.9 cm³/mol. The van der Waals surface area contributed by atoms with Gasteiger partial charge in [-0.25, -0.2) is 4.79 Å². The number of benzene rings is 2. The molecule has 1 atom stereocenters. The molecule has 2 aromatic rings. The third-order valence-corrected chi connectivity index (χ3v) is 3.58. The summed E-state index contributed by atoms with van der Waals surface area (Å²) >= 11 is 0. The Bertz CT molecular complexity index is 700. The fraction of sp³-hybridized carbons (Fsp3) is 0.263. The molecule has 0 aromatic heterocycles. The molecule has 0 aliphatic heterocycles. The number of anilines is 1. The van der Waals surface area contributed by atoms with Crippen LogP contribution in [0.15, 0.2) is 54.6 Å². The molecule has 0 bridgehead atoms. The van der Waals surface area contributed by atoms with Gasteiger partial charge in [0.1, 0.15) is 0 Å². The van der Waals surface area contributed by atoms with Crippen molar-refractivity contribution in [3.05, 3.63) is 65.7 Å². The lowest BCUT2D eigenvalue weighted by Gasteiger charge is -2.21. The lowest BCUT2D eigenvalue weighted by molar-refractivity contribution is -0.126. The van der Waals surface area contributed by atoms with Crippen LogP contribution in [0.25, 0.3) is 0 Å². The Morgan fingerprint density at radius 1 is 1.08 bits per heavy atom. The maximum atomic E-state index is 12.4. The molecule has 0 saturated carbocycles. The zero-order valence-corrected chi connectivity index (χ0v) is 14.1. The number of likely N-dealkylation sites (N-methyl/N-ethyl adjacent to an activating group) is 1. The van der Waals surface area contributed by atoms with Crippen molar-refractivity contribution >= 4 is 17.6 Å². The zero-order chi connectivity index (χ0) is 17.5.